The number of hydrogen-bond donors (Lipinski definition) is 1. The molecule has 1 aromatic heterocycles. The number of rotatable bonds is 3. The van der Waals surface area contributed by atoms with E-state index in [-0.39, 0.29) is 6.61 Å². The van der Waals surface area contributed by atoms with Crippen LogP contribution in [0.1, 0.15) is 31.5 Å². The van der Waals surface area contributed by atoms with Crippen molar-refractivity contribution in [2.75, 3.05) is 13.2 Å². The summed E-state index contributed by atoms with van der Waals surface area (Å²) in [5.41, 5.74) is 1.10. The average molecular weight is 206 g/mol. The molecule has 2 heterocycles. The Labute approximate surface area is 90.8 Å². The third kappa shape index (κ3) is 2.19. The van der Waals surface area contributed by atoms with Crippen LogP contribution in [0.2, 0.25) is 0 Å². The molecule has 3 heteroatoms. The minimum atomic E-state index is 0.261. The molecule has 0 aliphatic carbocycles. The van der Waals surface area contributed by atoms with Crippen LogP contribution < -0.4 is 0 Å². The van der Waals surface area contributed by atoms with E-state index in [4.69, 9.17) is 0 Å². The Kier molecular flexibility index (Phi) is 3.34. The Hall–Kier alpha value is -0.930. The normalized spacial score (nSPS) is 24.3. The van der Waals surface area contributed by atoms with Crippen molar-refractivity contribution in [2.24, 2.45) is 0 Å². The van der Waals surface area contributed by atoms with Gasteiger partial charge in [-0.25, -0.2) is 0 Å². The van der Waals surface area contributed by atoms with Crippen LogP contribution in [0.25, 0.3) is 0 Å². The van der Waals surface area contributed by atoms with Gasteiger partial charge in [-0.05, 0) is 38.4 Å². The summed E-state index contributed by atoms with van der Waals surface area (Å²) in [6, 6.07) is 6.64. The quantitative estimate of drug-likeness (QED) is 0.816. The van der Waals surface area contributed by atoms with E-state index in [1.807, 2.05) is 18.3 Å². The van der Waals surface area contributed by atoms with Crippen molar-refractivity contribution in [3.8, 4) is 0 Å². The third-order valence-electron chi connectivity index (χ3n) is 3.25. The molecule has 0 amide bonds. The molecular weight excluding hydrogens is 188 g/mol. The van der Waals surface area contributed by atoms with E-state index in [1.165, 1.54) is 6.42 Å². The maximum Gasteiger partial charge on any atom is 0.0587 e. The molecule has 15 heavy (non-hydrogen) atoms. The SMILES string of the molecule is CC(c1ccccn1)N1CCCC1CO. The highest BCUT2D eigenvalue weighted by Gasteiger charge is 2.28. The molecule has 1 N–H and O–H groups in total. The zero-order chi connectivity index (χ0) is 10.7. The maximum absolute atomic E-state index is 9.27. The minimum Gasteiger partial charge on any atom is -0.395 e. The van der Waals surface area contributed by atoms with E-state index in [1.54, 1.807) is 0 Å². The minimum absolute atomic E-state index is 0.261. The van der Waals surface area contributed by atoms with E-state index in [2.05, 4.69) is 22.9 Å². The monoisotopic (exact) mass is 206 g/mol. The summed E-state index contributed by atoms with van der Waals surface area (Å²) < 4.78 is 0. The molecule has 0 aromatic carbocycles. The molecule has 1 aliphatic heterocycles. The Bertz CT molecular complexity index is 302. The van der Waals surface area contributed by atoms with Gasteiger partial charge in [-0.1, -0.05) is 6.07 Å². The summed E-state index contributed by atoms with van der Waals surface area (Å²) in [7, 11) is 0. The molecular formula is C12H18N2O. The number of hydrogen-bond acceptors (Lipinski definition) is 3. The van der Waals surface area contributed by atoms with Gasteiger partial charge in [0.15, 0.2) is 0 Å². The Morgan fingerprint density at radius 2 is 2.47 bits per heavy atom. The van der Waals surface area contributed by atoms with Gasteiger partial charge in [0.25, 0.3) is 0 Å². The van der Waals surface area contributed by atoms with E-state index in [0.717, 1.165) is 18.7 Å². The summed E-state index contributed by atoms with van der Waals surface area (Å²) in [6.45, 7) is 3.50. The van der Waals surface area contributed by atoms with Crippen molar-refractivity contribution >= 4 is 0 Å². The molecule has 2 unspecified atom stereocenters. The second-order valence-electron chi connectivity index (χ2n) is 4.15. The van der Waals surface area contributed by atoms with Gasteiger partial charge in [-0.15, -0.1) is 0 Å². The molecule has 1 saturated heterocycles. The predicted octanol–water partition coefficient (Wildman–Crippen LogP) is 1.60. The largest absolute Gasteiger partial charge is 0.395 e. The Morgan fingerprint density at radius 3 is 3.13 bits per heavy atom. The van der Waals surface area contributed by atoms with Crippen molar-refractivity contribution in [2.45, 2.75) is 31.8 Å². The number of aromatic nitrogens is 1. The lowest BCUT2D eigenvalue weighted by molar-refractivity contribution is 0.124. The summed E-state index contributed by atoms with van der Waals surface area (Å²) in [6.07, 6.45) is 4.12. The van der Waals surface area contributed by atoms with Crippen LogP contribution in [0.15, 0.2) is 24.4 Å². The van der Waals surface area contributed by atoms with Crippen molar-refractivity contribution < 1.29 is 5.11 Å². The highest BCUT2D eigenvalue weighted by Crippen LogP contribution is 2.27. The van der Waals surface area contributed by atoms with Crippen molar-refractivity contribution in [3.63, 3.8) is 0 Å². The molecule has 0 bridgehead atoms. The van der Waals surface area contributed by atoms with Gasteiger partial charge in [0, 0.05) is 18.3 Å². The first-order valence-corrected chi connectivity index (χ1v) is 5.60. The van der Waals surface area contributed by atoms with Crippen LogP contribution in [0.3, 0.4) is 0 Å². The second kappa shape index (κ2) is 4.73. The van der Waals surface area contributed by atoms with Crippen LogP contribution in [-0.4, -0.2) is 34.2 Å². The van der Waals surface area contributed by atoms with Crippen molar-refractivity contribution in [1.29, 1.82) is 0 Å². The Morgan fingerprint density at radius 1 is 1.60 bits per heavy atom. The van der Waals surface area contributed by atoms with Gasteiger partial charge < -0.3 is 5.11 Å². The zero-order valence-corrected chi connectivity index (χ0v) is 9.13. The average Bonchev–Trinajstić information content (AvgIpc) is 2.77. The second-order valence-corrected chi connectivity index (χ2v) is 4.15. The molecule has 0 saturated carbocycles. The van der Waals surface area contributed by atoms with Crippen molar-refractivity contribution in [3.05, 3.63) is 30.1 Å². The summed E-state index contributed by atoms with van der Waals surface area (Å²) >= 11 is 0. The van der Waals surface area contributed by atoms with E-state index < -0.39 is 0 Å². The number of aliphatic hydroxyl groups is 1. The highest BCUT2D eigenvalue weighted by atomic mass is 16.3. The fourth-order valence-electron chi connectivity index (χ4n) is 2.36. The lowest BCUT2D eigenvalue weighted by atomic mass is 10.1. The van der Waals surface area contributed by atoms with Crippen LogP contribution in [0.4, 0.5) is 0 Å². The first-order chi connectivity index (χ1) is 7.33. The van der Waals surface area contributed by atoms with Gasteiger partial charge in [0.2, 0.25) is 0 Å². The van der Waals surface area contributed by atoms with Gasteiger partial charge in [-0.3, -0.25) is 9.88 Å². The lowest BCUT2D eigenvalue weighted by Gasteiger charge is -2.29. The van der Waals surface area contributed by atoms with Crippen LogP contribution in [0, 0.1) is 0 Å². The summed E-state index contributed by atoms with van der Waals surface area (Å²) in [4.78, 5) is 6.72. The molecule has 0 radical (unpaired) electrons. The summed E-state index contributed by atoms with van der Waals surface area (Å²) in [5, 5.41) is 9.27. The van der Waals surface area contributed by atoms with Crippen LogP contribution >= 0.6 is 0 Å². The van der Waals surface area contributed by atoms with E-state index in [9.17, 15) is 5.11 Å². The van der Waals surface area contributed by atoms with Crippen LogP contribution in [-0.2, 0) is 0 Å². The Balaban J connectivity index is 2.10. The lowest BCUT2D eigenvalue weighted by Crippen LogP contribution is -2.34. The molecule has 1 aromatic rings. The van der Waals surface area contributed by atoms with E-state index >= 15 is 0 Å². The zero-order valence-electron chi connectivity index (χ0n) is 9.13. The third-order valence-corrected chi connectivity index (χ3v) is 3.25. The fraction of sp³-hybridized carbons (Fsp3) is 0.583. The fourth-order valence-corrected chi connectivity index (χ4v) is 2.36. The summed E-state index contributed by atoms with van der Waals surface area (Å²) in [5.74, 6) is 0. The molecule has 0 spiro atoms. The predicted molar refractivity (Wildman–Crippen MR) is 59.5 cm³/mol. The molecule has 1 fully saturated rings. The van der Waals surface area contributed by atoms with Gasteiger partial charge in [0.1, 0.15) is 0 Å². The molecule has 82 valence electrons. The number of nitrogens with zero attached hydrogens (tertiary/aromatic N) is 2. The van der Waals surface area contributed by atoms with Crippen molar-refractivity contribution in [1.82, 2.24) is 9.88 Å². The number of pyridine rings is 1. The first kappa shape index (κ1) is 10.6. The van der Waals surface area contributed by atoms with E-state index in [0.29, 0.717) is 12.1 Å². The number of aliphatic hydroxyl groups excluding tert-OH is 1. The smallest absolute Gasteiger partial charge is 0.0587 e. The first-order valence-electron chi connectivity index (χ1n) is 5.60. The van der Waals surface area contributed by atoms with Gasteiger partial charge in [-0.2, -0.15) is 0 Å². The van der Waals surface area contributed by atoms with Gasteiger partial charge in [0.05, 0.1) is 12.3 Å². The highest BCUT2D eigenvalue weighted by molar-refractivity contribution is 5.09. The van der Waals surface area contributed by atoms with Gasteiger partial charge >= 0.3 is 0 Å². The number of likely N-dealkylation sites (tertiary alicyclic amines) is 1. The molecule has 3 nitrogen and oxygen atoms in total. The standard InChI is InChI=1S/C12H18N2O/c1-10(12-6-2-3-7-13-12)14-8-4-5-11(14)9-15/h2-3,6-7,10-11,15H,4-5,8-9H2,1H3. The topological polar surface area (TPSA) is 36.4 Å². The maximum atomic E-state index is 9.27. The van der Waals surface area contributed by atoms with Crippen LogP contribution in [0.5, 0.6) is 0 Å². The molecule has 2 atom stereocenters. The molecule has 1 aliphatic rings. The molecule has 2 rings (SSSR count).